The lowest BCUT2D eigenvalue weighted by Gasteiger charge is -2.25. The van der Waals surface area contributed by atoms with Gasteiger partial charge in [-0.1, -0.05) is 0 Å². The molecule has 92 valence electrons. The van der Waals surface area contributed by atoms with Gasteiger partial charge in [0.05, 0.1) is 6.10 Å². The SMILES string of the molecule is CC(C)OC(F)(F)OC(F)(F)C(F)(F)F. The fourth-order valence-electron chi connectivity index (χ4n) is 0.506. The van der Waals surface area contributed by atoms with Gasteiger partial charge in [-0.15, -0.1) is 8.78 Å². The van der Waals surface area contributed by atoms with Gasteiger partial charge in [-0.05, 0) is 13.8 Å². The van der Waals surface area contributed by atoms with Crippen molar-refractivity contribution in [2.24, 2.45) is 0 Å². The fourth-order valence-corrected chi connectivity index (χ4v) is 0.506. The third-order valence-electron chi connectivity index (χ3n) is 0.950. The van der Waals surface area contributed by atoms with E-state index in [4.69, 9.17) is 0 Å². The molecule has 0 unspecified atom stereocenters. The van der Waals surface area contributed by atoms with E-state index in [2.05, 4.69) is 9.47 Å². The Bertz CT molecular complexity index is 210. The van der Waals surface area contributed by atoms with Crippen molar-refractivity contribution in [3.8, 4) is 0 Å². The lowest BCUT2D eigenvalue weighted by molar-refractivity contribution is -0.516. The first-order valence-corrected chi connectivity index (χ1v) is 3.58. The predicted octanol–water partition coefficient (Wildman–Crippen LogP) is 3.13. The van der Waals surface area contributed by atoms with Crippen molar-refractivity contribution in [3.05, 3.63) is 0 Å². The Labute approximate surface area is 79.9 Å². The molecular formula is C6H7F7O2. The molecular weight excluding hydrogens is 237 g/mol. The molecule has 0 bridgehead atoms. The molecule has 0 spiro atoms. The second-order valence-electron chi connectivity index (χ2n) is 2.75. The number of hydrogen-bond donors (Lipinski definition) is 0. The van der Waals surface area contributed by atoms with Gasteiger partial charge in [0.15, 0.2) is 0 Å². The largest absolute Gasteiger partial charge is 0.490 e. The van der Waals surface area contributed by atoms with Gasteiger partial charge < -0.3 is 0 Å². The maximum atomic E-state index is 12.3. The lowest BCUT2D eigenvalue weighted by atomic mass is 10.5. The summed E-state index contributed by atoms with van der Waals surface area (Å²) in [5.41, 5.74) is 0. The summed E-state index contributed by atoms with van der Waals surface area (Å²) in [5, 5.41) is 0. The molecule has 0 N–H and O–H groups in total. The Morgan fingerprint density at radius 1 is 0.867 bits per heavy atom. The van der Waals surface area contributed by atoms with E-state index in [-0.39, 0.29) is 0 Å². The highest BCUT2D eigenvalue weighted by atomic mass is 19.4. The quantitative estimate of drug-likeness (QED) is 0.558. The highest BCUT2D eigenvalue weighted by molar-refractivity contribution is 4.65. The van der Waals surface area contributed by atoms with Crippen molar-refractivity contribution in [3.63, 3.8) is 0 Å². The van der Waals surface area contributed by atoms with Crippen LogP contribution in [0.5, 0.6) is 0 Å². The normalized spacial score (nSPS) is 14.8. The highest BCUT2D eigenvalue weighted by Crippen LogP contribution is 2.40. The van der Waals surface area contributed by atoms with Gasteiger partial charge in [0.2, 0.25) is 0 Å². The van der Waals surface area contributed by atoms with E-state index in [1.165, 1.54) is 0 Å². The minimum atomic E-state index is -6.23. The first-order valence-electron chi connectivity index (χ1n) is 3.58. The van der Waals surface area contributed by atoms with Gasteiger partial charge >= 0.3 is 18.6 Å². The topological polar surface area (TPSA) is 18.5 Å². The van der Waals surface area contributed by atoms with E-state index < -0.39 is 24.7 Å². The monoisotopic (exact) mass is 244 g/mol. The van der Waals surface area contributed by atoms with Crippen molar-refractivity contribution in [2.45, 2.75) is 38.5 Å². The van der Waals surface area contributed by atoms with Crippen LogP contribution in [0.15, 0.2) is 0 Å². The van der Waals surface area contributed by atoms with Gasteiger partial charge in [0.1, 0.15) is 0 Å². The van der Waals surface area contributed by atoms with Crippen LogP contribution in [0.3, 0.4) is 0 Å². The van der Waals surface area contributed by atoms with Gasteiger partial charge in [-0.2, -0.15) is 22.0 Å². The van der Waals surface area contributed by atoms with E-state index in [1.54, 1.807) is 0 Å². The zero-order chi connectivity index (χ0) is 12.5. The molecule has 0 saturated carbocycles. The van der Waals surface area contributed by atoms with Crippen LogP contribution >= 0.6 is 0 Å². The summed E-state index contributed by atoms with van der Waals surface area (Å²) in [6.45, 7) is 2.03. The Kier molecular flexibility index (Phi) is 3.97. The van der Waals surface area contributed by atoms with Crippen LogP contribution in [0.1, 0.15) is 13.8 Å². The lowest BCUT2D eigenvalue weighted by Crippen LogP contribution is -2.46. The number of hydrogen-bond acceptors (Lipinski definition) is 2. The Morgan fingerprint density at radius 3 is 1.53 bits per heavy atom. The molecule has 0 amide bonds. The zero-order valence-electron chi connectivity index (χ0n) is 7.54. The first-order chi connectivity index (χ1) is 6.37. The van der Waals surface area contributed by atoms with Crippen molar-refractivity contribution in [1.82, 2.24) is 0 Å². The molecule has 0 rings (SSSR count). The smallest absolute Gasteiger partial charge is 0.293 e. The molecule has 0 fully saturated rings. The van der Waals surface area contributed by atoms with Gasteiger partial charge in [-0.25, -0.2) is 4.74 Å². The van der Waals surface area contributed by atoms with Crippen molar-refractivity contribution in [1.29, 1.82) is 0 Å². The average molecular weight is 244 g/mol. The summed E-state index contributed by atoms with van der Waals surface area (Å²) >= 11 is 0. The van der Waals surface area contributed by atoms with Crippen molar-refractivity contribution in [2.75, 3.05) is 0 Å². The molecule has 0 aliphatic rings. The third kappa shape index (κ3) is 4.65. The van der Waals surface area contributed by atoms with Gasteiger partial charge in [-0.3, -0.25) is 4.74 Å². The van der Waals surface area contributed by atoms with Crippen LogP contribution in [-0.4, -0.2) is 24.7 Å². The summed E-state index contributed by atoms with van der Waals surface area (Å²) in [7, 11) is 0. The molecule has 0 aliphatic heterocycles. The summed E-state index contributed by atoms with van der Waals surface area (Å²) in [6, 6.07) is 0. The second-order valence-corrected chi connectivity index (χ2v) is 2.75. The summed E-state index contributed by atoms with van der Waals surface area (Å²) in [4.78, 5) is 0. The van der Waals surface area contributed by atoms with Crippen LogP contribution in [-0.2, 0) is 9.47 Å². The predicted molar refractivity (Wildman–Crippen MR) is 33.3 cm³/mol. The molecule has 0 heterocycles. The molecule has 0 aromatic rings. The van der Waals surface area contributed by atoms with E-state index in [0.717, 1.165) is 13.8 Å². The average Bonchev–Trinajstić information content (AvgIpc) is 1.75. The third-order valence-corrected chi connectivity index (χ3v) is 0.950. The molecule has 0 aliphatic carbocycles. The fraction of sp³-hybridized carbons (Fsp3) is 1.00. The summed E-state index contributed by atoms with van der Waals surface area (Å²) in [6.07, 6.45) is -18.5. The van der Waals surface area contributed by atoms with Crippen molar-refractivity contribution < 1.29 is 40.2 Å². The zero-order valence-corrected chi connectivity index (χ0v) is 7.54. The maximum Gasteiger partial charge on any atom is 0.490 e. The number of ether oxygens (including phenoxy) is 2. The summed E-state index contributed by atoms with van der Waals surface area (Å²) in [5.74, 6) is 0. The van der Waals surface area contributed by atoms with E-state index in [1.807, 2.05) is 0 Å². The molecule has 0 saturated heterocycles. The van der Waals surface area contributed by atoms with E-state index in [9.17, 15) is 30.7 Å². The Balaban J connectivity index is 4.57. The molecule has 0 aromatic carbocycles. The first kappa shape index (κ1) is 14.4. The van der Waals surface area contributed by atoms with Crippen LogP contribution in [0.2, 0.25) is 0 Å². The van der Waals surface area contributed by atoms with Crippen LogP contribution in [0.4, 0.5) is 30.7 Å². The van der Waals surface area contributed by atoms with Crippen molar-refractivity contribution >= 4 is 0 Å². The van der Waals surface area contributed by atoms with E-state index >= 15 is 0 Å². The van der Waals surface area contributed by atoms with Crippen LogP contribution in [0.25, 0.3) is 0 Å². The molecule has 0 radical (unpaired) electrons. The summed E-state index contributed by atoms with van der Waals surface area (Å²) < 4.78 is 88.5. The van der Waals surface area contributed by atoms with Gasteiger partial charge in [0.25, 0.3) is 0 Å². The van der Waals surface area contributed by atoms with Crippen LogP contribution in [0, 0.1) is 0 Å². The van der Waals surface area contributed by atoms with Crippen LogP contribution < -0.4 is 0 Å². The molecule has 0 aromatic heterocycles. The van der Waals surface area contributed by atoms with E-state index in [0.29, 0.717) is 0 Å². The Hall–Kier alpha value is -0.570. The second kappa shape index (κ2) is 4.12. The number of rotatable bonds is 4. The van der Waals surface area contributed by atoms with Gasteiger partial charge in [0, 0.05) is 0 Å². The molecule has 9 heteroatoms. The standard InChI is InChI=1S/C6H7F7O2/c1-3(2)14-6(12,13)15-5(10,11)4(7,8)9/h3H,1-2H3. The number of alkyl halides is 7. The molecule has 0 atom stereocenters. The maximum absolute atomic E-state index is 12.3. The minimum absolute atomic E-state index is 1.02. The molecule has 15 heavy (non-hydrogen) atoms. The minimum Gasteiger partial charge on any atom is -0.293 e. The Morgan fingerprint density at radius 2 is 1.27 bits per heavy atom. The number of halogens is 7. The molecule has 2 nitrogen and oxygen atoms in total. The highest BCUT2D eigenvalue weighted by Gasteiger charge is 2.64.